The first kappa shape index (κ1) is 12.9. The van der Waals surface area contributed by atoms with E-state index >= 15 is 0 Å². The van der Waals surface area contributed by atoms with E-state index in [1.165, 1.54) is 12.1 Å². The van der Waals surface area contributed by atoms with Crippen molar-refractivity contribution in [2.45, 2.75) is 6.92 Å². The second kappa shape index (κ2) is 4.80. The van der Waals surface area contributed by atoms with Crippen LogP contribution in [0.25, 0.3) is 22.3 Å². The smallest absolute Gasteiger partial charge is 0.196 e. The summed E-state index contributed by atoms with van der Waals surface area (Å²) in [6, 6.07) is 12.1. The van der Waals surface area contributed by atoms with Crippen LogP contribution in [-0.2, 0) is 0 Å². The van der Waals surface area contributed by atoms with E-state index in [2.05, 4.69) is 15.9 Å². The van der Waals surface area contributed by atoms with E-state index in [9.17, 15) is 9.90 Å². The highest BCUT2D eigenvalue weighted by Gasteiger charge is 2.12. The average Bonchev–Trinajstić information content (AvgIpc) is 2.44. The van der Waals surface area contributed by atoms with Gasteiger partial charge in [0, 0.05) is 21.7 Å². The van der Waals surface area contributed by atoms with E-state index in [-0.39, 0.29) is 11.2 Å². The molecule has 0 saturated heterocycles. The third-order valence-corrected chi connectivity index (χ3v) is 3.74. The van der Waals surface area contributed by atoms with E-state index in [0.29, 0.717) is 22.3 Å². The van der Waals surface area contributed by atoms with Crippen LogP contribution in [0.1, 0.15) is 5.56 Å². The molecule has 100 valence electrons. The van der Waals surface area contributed by atoms with Crippen molar-refractivity contribution in [2.75, 3.05) is 0 Å². The Hall–Kier alpha value is -2.07. The molecule has 3 rings (SSSR count). The van der Waals surface area contributed by atoms with Gasteiger partial charge in [0.2, 0.25) is 0 Å². The van der Waals surface area contributed by atoms with E-state index in [1.807, 2.05) is 24.3 Å². The normalized spacial score (nSPS) is 10.9. The Morgan fingerprint density at radius 2 is 1.80 bits per heavy atom. The number of fused-ring (bicyclic) bond motifs is 1. The second-order valence-corrected chi connectivity index (χ2v) is 5.49. The third kappa shape index (κ3) is 2.12. The summed E-state index contributed by atoms with van der Waals surface area (Å²) in [5.41, 5.74) is 1.70. The summed E-state index contributed by atoms with van der Waals surface area (Å²) in [5, 5.41) is 9.99. The van der Waals surface area contributed by atoms with Gasteiger partial charge in [-0.3, -0.25) is 4.79 Å². The maximum absolute atomic E-state index is 12.3. The number of hydrogen-bond donors (Lipinski definition) is 1. The number of halogens is 1. The summed E-state index contributed by atoms with van der Waals surface area (Å²) in [4.78, 5) is 12.3. The molecule has 0 fully saturated rings. The van der Waals surface area contributed by atoms with Crippen LogP contribution >= 0.6 is 15.9 Å². The molecule has 1 heterocycles. The molecule has 3 aromatic rings. The number of phenolic OH excluding ortho intramolecular Hbond substituents is 1. The summed E-state index contributed by atoms with van der Waals surface area (Å²) >= 11 is 3.37. The first-order valence-electron chi connectivity index (χ1n) is 6.08. The number of hydrogen-bond acceptors (Lipinski definition) is 3. The molecule has 0 aliphatic carbocycles. The minimum Gasteiger partial charge on any atom is -0.508 e. The Kier molecular flexibility index (Phi) is 3.10. The van der Waals surface area contributed by atoms with E-state index in [4.69, 9.17) is 4.42 Å². The van der Waals surface area contributed by atoms with Gasteiger partial charge in [-0.1, -0.05) is 28.1 Å². The molecule has 2 aromatic carbocycles. The molecular formula is C16H11BrO3. The van der Waals surface area contributed by atoms with Gasteiger partial charge in [-0.25, -0.2) is 0 Å². The van der Waals surface area contributed by atoms with Crippen molar-refractivity contribution in [1.29, 1.82) is 0 Å². The monoisotopic (exact) mass is 330 g/mol. The van der Waals surface area contributed by atoms with Crippen LogP contribution in [0.15, 0.2) is 56.1 Å². The maximum Gasteiger partial charge on any atom is 0.196 e. The molecule has 1 N–H and O–H groups in total. The number of aromatic hydroxyl groups is 1. The molecule has 1 aromatic heterocycles. The second-order valence-electron chi connectivity index (χ2n) is 4.57. The van der Waals surface area contributed by atoms with Crippen LogP contribution in [0.4, 0.5) is 0 Å². The highest BCUT2D eigenvalue weighted by Crippen LogP contribution is 2.28. The van der Waals surface area contributed by atoms with Crippen LogP contribution in [0.5, 0.6) is 5.75 Å². The van der Waals surface area contributed by atoms with Gasteiger partial charge in [0.25, 0.3) is 0 Å². The standard InChI is InChI=1S/C16H11BrO3/c1-9-15(19)13-7-6-12(18)8-14(13)20-16(9)10-2-4-11(17)5-3-10/h2-8,18H,1H3. The lowest BCUT2D eigenvalue weighted by Crippen LogP contribution is -2.07. The zero-order valence-corrected chi connectivity index (χ0v) is 12.3. The van der Waals surface area contributed by atoms with Gasteiger partial charge in [-0.2, -0.15) is 0 Å². The minimum atomic E-state index is -0.0795. The molecule has 0 aliphatic heterocycles. The highest BCUT2D eigenvalue weighted by molar-refractivity contribution is 9.10. The van der Waals surface area contributed by atoms with Crippen molar-refractivity contribution in [3.05, 3.63) is 62.7 Å². The number of phenols is 1. The van der Waals surface area contributed by atoms with Crippen molar-refractivity contribution in [3.8, 4) is 17.1 Å². The van der Waals surface area contributed by atoms with Crippen LogP contribution in [-0.4, -0.2) is 5.11 Å². The fourth-order valence-electron chi connectivity index (χ4n) is 2.15. The van der Waals surface area contributed by atoms with Crippen LogP contribution in [0, 0.1) is 6.92 Å². The molecule has 4 heteroatoms. The van der Waals surface area contributed by atoms with Crippen molar-refractivity contribution >= 4 is 26.9 Å². The van der Waals surface area contributed by atoms with E-state index in [1.54, 1.807) is 13.0 Å². The van der Waals surface area contributed by atoms with E-state index in [0.717, 1.165) is 10.0 Å². The molecule has 0 aliphatic rings. The predicted octanol–water partition coefficient (Wildman–Crippen LogP) is 4.24. The quantitative estimate of drug-likeness (QED) is 0.726. The zero-order valence-electron chi connectivity index (χ0n) is 10.7. The van der Waals surface area contributed by atoms with Crippen molar-refractivity contribution in [3.63, 3.8) is 0 Å². The maximum atomic E-state index is 12.3. The molecule has 20 heavy (non-hydrogen) atoms. The highest BCUT2D eigenvalue weighted by atomic mass is 79.9. The largest absolute Gasteiger partial charge is 0.508 e. The zero-order chi connectivity index (χ0) is 14.3. The summed E-state index contributed by atoms with van der Waals surface area (Å²) in [6.45, 7) is 1.75. The molecule has 0 amide bonds. The van der Waals surface area contributed by atoms with Crippen molar-refractivity contribution in [2.24, 2.45) is 0 Å². The molecule has 0 radical (unpaired) electrons. The Balaban J connectivity index is 2.33. The topological polar surface area (TPSA) is 50.4 Å². The molecule has 0 spiro atoms. The first-order chi connectivity index (χ1) is 9.56. The minimum absolute atomic E-state index is 0.0752. The Labute approximate surface area is 123 Å². The van der Waals surface area contributed by atoms with Crippen molar-refractivity contribution in [1.82, 2.24) is 0 Å². The summed E-state index contributed by atoms with van der Waals surface area (Å²) in [7, 11) is 0. The van der Waals surface area contributed by atoms with Gasteiger partial charge in [-0.15, -0.1) is 0 Å². The summed E-state index contributed by atoms with van der Waals surface area (Å²) in [6.07, 6.45) is 0. The van der Waals surface area contributed by atoms with Gasteiger partial charge in [0.1, 0.15) is 17.1 Å². The van der Waals surface area contributed by atoms with Crippen molar-refractivity contribution < 1.29 is 9.52 Å². The van der Waals surface area contributed by atoms with Gasteiger partial charge < -0.3 is 9.52 Å². The number of benzene rings is 2. The molecule has 0 unspecified atom stereocenters. The lowest BCUT2D eigenvalue weighted by atomic mass is 10.1. The first-order valence-corrected chi connectivity index (χ1v) is 6.88. The summed E-state index contributed by atoms with van der Waals surface area (Å²) in [5.74, 6) is 0.604. The van der Waals surface area contributed by atoms with Gasteiger partial charge in [-0.05, 0) is 31.2 Å². The van der Waals surface area contributed by atoms with Crippen LogP contribution < -0.4 is 5.43 Å². The lowest BCUT2D eigenvalue weighted by molar-refractivity contribution is 0.474. The molecule has 0 atom stereocenters. The molecule has 0 saturated carbocycles. The van der Waals surface area contributed by atoms with Gasteiger partial charge in [0.05, 0.1) is 5.39 Å². The third-order valence-electron chi connectivity index (χ3n) is 3.21. The lowest BCUT2D eigenvalue weighted by Gasteiger charge is -2.07. The predicted molar refractivity (Wildman–Crippen MR) is 82.0 cm³/mol. The number of rotatable bonds is 1. The molecule has 3 nitrogen and oxygen atoms in total. The van der Waals surface area contributed by atoms with Gasteiger partial charge in [0.15, 0.2) is 5.43 Å². The fourth-order valence-corrected chi connectivity index (χ4v) is 2.42. The van der Waals surface area contributed by atoms with Gasteiger partial charge >= 0.3 is 0 Å². The molecule has 0 bridgehead atoms. The van der Waals surface area contributed by atoms with Crippen LogP contribution in [0.2, 0.25) is 0 Å². The Morgan fingerprint density at radius 3 is 2.50 bits per heavy atom. The van der Waals surface area contributed by atoms with E-state index < -0.39 is 0 Å². The molecular weight excluding hydrogens is 320 g/mol. The Bertz CT molecular complexity index is 848. The Morgan fingerprint density at radius 1 is 1.10 bits per heavy atom. The van der Waals surface area contributed by atoms with Crippen LogP contribution in [0.3, 0.4) is 0 Å². The fraction of sp³-hybridized carbons (Fsp3) is 0.0625. The average molecular weight is 331 g/mol. The SMILES string of the molecule is Cc1c(-c2ccc(Br)cc2)oc2cc(O)ccc2c1=O. The summed E-state index contributed by atoms with van der Waals surface area (Å²) < 4.78 is 6.76.